The Balaban J connectivity index is 1.47. The Kier molecular flexibility index (Phi) is 7.76. The first-order valence-corrected chi connectivity index (χ1v) is 10.5. The number of carbonyl (C=O) groups is 2. The summed E-state index contributed by atoms with van der Waals surface area (Å²) >= 11 is 0. The summed E-state index contributed by atoms with van der Waals surface area (Å²) in [5, 5.41) is 0. The van der Waals surface area contributed by atoms with Gasteiger partial charge in [0.2, 0.25) is 0 Å². The molecule has 2 aromatic carbocycles. The largest absolute Gasteiger partial charge is 0.493 e. The third-order valence-electron chi connectivity index (χ3n) is 5.30. The van der Waals surface area contributed by atoms with Crippen molar-refractivity contribution in [3.05, 3.63) is 53.6 Å². The second kappa shape index (κ2) is 10.7. The number of carbonyl (C=O) groups excluding carboxylic acids is 2. The number of ether oxygens (including phenoxy) is 3. The van der Waals surface area contributed by atoms with E-state index < -0.39 is 0 Å². The molecule has 0 aliphatic carbocycles. The first kappa shape index (κ1) is 22.5. The van der Waals surface area contributed by atoms with Crippen molar-refractivity contribution < 1.29 is 23.8 Å². The predicted molar refractivity (Wildman–Crippen MR) is 118 cm³/mol. The van der Waals surface area contributed by atoms with Gasteiger partial charge in [-0.3, -0.25) is 9.59 Å². The molecule has 7 nitrogen and oxygen atoms in total. The minimum atomic E-state index is -0.105. The highest BCUT2D eigenvalue weighted by atomic mass is 16.5. The average Bonchev–Trinajstić information content (AvgIpc) is 3.03. The van der Waals surface area contributed by atoms with Crippen LogP contribution in [0.15, 0.2) is 42.5 Å². The first-order chi connectivity index (χ1) is 15.0. The van der Waals surface area contributed by atoms with Crippen molar-refractivity contribution in [1.82, 2.24) is 9.80 Å². The van der Waals surface area contributed by atoms with Crippen LogP contribution in [0.2, 0.25) is 0 Å². The molecule has 0 spiro atoms. The lowest BCUT2D eigenvalue weighted by atomic mass is 10.1. The van der Waals surface area contributed by atoms with E-state index in [1.165, 1.54) is 0 Å². The van der Waals surface area contributed by atoms with Gasteiger partial charge in [0.25, 0.3) is 11.8 Å². The van der Waals surface area contributed by atoms with Gasteiger partial charge in [0.05, 0.1) is 7.11 Å². The van der Waals surface area contributed by atoms with Gasteiger partial charge in [-0.2, -0.15) is 0 Å². The molecule has 0 saturated carbocycles. The number of amides is 2. The normalized spacial score (nSPS) is 14.0. The molecule has 0 atom stereocenters. The Morgan fingerprint density at radius 3 is 1.97 bits per heavy atom. The lowest BCUT2D eigenvalue weighted by Gasteiger charge is -2.22. The molecule has 0 bridgehead atoms. The van der Waals surface area contributed by atoms with E-state index in [9.17, 15) is 9.59 Å². The van der Waals surface area contributed by atoms with Crippen LogP contribution in [0.5, 0.6) is 17.2 Å². The second-order valence-corrected chi connectivity index (χ2v) is 7.61. The van der Waals surface area contributed by atoms with Gasteiger partial charge in [-0.15, -0.1) is 0 Å². The molecular formula is C24H30N2O5. The van der Waals surface area contributed by atoms with Crippen LogP contribution in [0.25, 0.3) is 0 Å². The summed E-state index contributed by atoms with van der Waals surface area (Å²) in [6.07, 6.45) is 0.718. The van der Waals surface area contributed by atoms with E-state index in [4.69, 9.17) is 14.2 Å². The van der Waals surface area contributed by atoms with E-state index in [2.05, 4.69) is 0 Å². The molecular weight excluding hydrogens is 396 g/mol. The lowest BCUT2D eigenvalue weighted by Crippen LogP contribution is -2.40. The van der Waals surface area contributed by atoms with Crippen molar-refractivity contribution >= 4 is 11.8 Å². The maximum Gasteiger partial charge on any atom is 0.260 e. The molecule has 2 amide bonds. The van der Waals surface area contributed by atoms with Gasteiger partial charge in [-0.05, 0) is 44.0 Å². The molecule has 0 unspecified atom stereocenters. The molecule has 1 fully saturated rings. The first-order valence-electron chi connectivity index (χ1n) is 10.5. The summed E-state index contributed by atoms with van der Waals surface area (Å²) in [5.41, 5.74) is 2.17. The van der Waals surface area contributed by atoms with Crippen LogP contribution in [0.4, 0.5) is 0 Å². The molecule has 166 valence electrons. The lowest BCUT2D eigenvalue weighted by molar-refractivity contribution is -0.135. The summed E-state index contributed by atoms with van der Waals surface area (Å²) in [6.45, 7) is 6.07. The number of hydrogen-bond donors (Lipinski definition) is 0. The van der Waals surface area contributed by atoms with Gasteiger partial charge >= 0.3 is 0 Å². The topological polar surface area (TPSA) is 68.3 Å². The van der Waals surface area contributed by atoms with Crippen molar-refractivity contribution in [2.45, 2.75) is 20.3 Å². The Morgan fingerprint density at radius 2 is 1.39 bits per heavy atom. The predicted octanol–water partition coefficient (Wildman–Crippen LogP) is 2.83. The Labute approximate surface area is 183 Å². The molecule has 0 N–H and O–H groups in total. The van der Waals surface area contributed by atoms with Crippen molar-refractivity contribution in [1.29, 1.82) is 0 Å². The van der Waals surface area contributed by atoms with E-state index in [1.807, 2.05) is 44.2 Å². The zero-order valence-corrected chi connectivity index (χ0v) is 18.4. The second-order valence-electron chi connectivity index (χ2n) is 7.61. The summed E-state index contributed by atoms with van der Waals surface area (Å²) < 4.78 is 16.6. The van der Waals surface area contributed by atoms with Crippen molar-refractivity contribution in [3.8, 4) is 17.2 Å². The molecule has 1 heterocycles. The summed E-state index contributed by atoms with van der Waals surface area (Å²) in [4.78, 5) is 28.7. The molecule has 1 saturated heterocycles. The third-order valence-corrected chi connectivity index (χ3v) is 5.30. The van der Waals surface area contributed by atoms with E-state index in [0.717, 1.165) is 23.3 Å². The quantitative estimate of drug-likeness (QED) is 0.681. The number of methoxy groups -OCH3 is 1. The zero-order chi connectivity index (χ0) is 22.2. The minimum absolute atomic E-state index is 0.00520. The molecule has 31 heavy (non-hydrogen) atoms. The molecule has 7 heteroatoms. The third kappa shape index (κ3) is 6.13. The fraction of sp³-hybridized carbons (Fsp3) is 0.417. The van der Waals surface area contributed by atoms with Crippen LogP contribution in [0.1, 0.15) is 17.5 Å². The number of aryl methyl sites for hydroxylation is 2. The van der Waals surface area contributed by atoms with Crippen LogP contribution < -0.4 is 14.2 Å². The highest BCUT2D eigenvalue weighted by Gasteiger charge is 2.23. The number of para-hydroxylation sites is 2. The van der Waals surface area contributed by atoms with Gasteiger partial charge in [0.1, 0.15) is 5.75 Å². The molecule has 0 radical (unpaired) electrons. The Hall–Kier alpha value is -3.22. The van der Waals surface area contributed by atoms with E-state index in [1.54, 1.807) is 29.0 Å². The van der Waals surface area contributed by atoms with Crippen LogP contribution >= 0.6 is 0 Å². The number of rotatable bonds is 7. The molecule has 3 rings (SSSR count). The molecule has 2 aromatic rings. The van der Waals surface area contributed by atoms with Crippen LogP contribution in [-0.2, 0) is 9.59 Å². The van der Waals surface area contributed by atoms with Crippen LogP contribution in [0, 0.1) is 13.8 Å². The van der Waals surface area contributed by atoms with Crippen LogP contribution in [0.3, 0.4) is 0 Å². The maximum atomic E-state index is 12.6. The number of benzene rings is 2. The van der Waals surface area contributed by atoms with Crippen molar-refractivity contribution in [2.24, 2.45) is 0 Å². The summed E-state index contributed by atoms with van der Waals surface area (Å²) in [6, 6.07) is 13.1. The molecule has 0 aromatic heterocycles. The van der Waals surface area contributed by atoms with Gasteiger partial charge in [-0.25, -0.2) is 0 Å². The molecule has 1 aliphatic rings. The van der Waals surface area contributed by atoms with E-state index >= 15 is 0 Å². The van der Waals surface area contributed by atoms with E-state index in [0.29, 0.717) is 37.7 Å². The Morgan fingerprint density at radius 1 is 0.806 bits per heavy atom. The highest BCUT2D eigenvalue weighted by Crippen LogP contribution is 2.25. The fourth-order valence-corrected chi connectivity index (χ4v) is 3.58. The average molecular weight is 427 g/mol. The van der Waals surface area contributed by atoms with Gasteiger partial charge in [0, 0.05) is 26.2 Å². The monoisotopic (exact) mass is 426 g/mol. The Bertz CT molecular complexity index is 915. The molecule has 1 aliphatic heterocycles. The van der Waals surface area contributed by atoms with E-state index in [-0.39, 0.29) is 25.0 Å². The van der Waals surface area contributed by atoms with Gasteiger partial charge in [-0.1, -0.05) is 29.8 Å². The summed E-state index contributed by atoms with van der Waals surface area (Å²) in [7, 11) is 1.56. The minimum Gasteiger partial charge on any atom is -0.493 e. The smallest absolute Gasteiger partial charge is 0.260 e. The SMILES string of the molecule is COc1ccccc1OCC(=O)N1CCCN(C(=O)COc2ccc(C)cc2C)CC1. The number of nitrogens with zero attached hydrogens (tertiary/aromatic N) is 2. The summed E-state index contributed by atoms with van der Waals surface area (Å²) in [5.74, 6) is 1.67. The highest BCUT2D eigenvalue weighted by molar-refractivity contribution is 5.79. The standard InChI is InChI=1S/C24H30N2O5/c1-18-9-10-20(19(2)15-18)30-16-23(27)25-11-6-12-26(14-13-25)24(28)17-31-22-8-5-4-7-21(22)29-3/h4-5,7-10,15H,6,11-14,16-17H2,1-3H3. The van der Waals surface area contributed by atoms with Gasteiger partial charge in [0.15, 0.2) is 24.7 Å². The zero-order valence-electron chi connectivity index (χ0n) is 18.4. The fourth-order valence-electron chi connectivity index (χ4n) is 3.58. The van der Waals surface area contributed by atoms with Gasteiger partial charge < -0.3 is 24.0 Å². The van der Waals surface area contributed by atoms with Crippen LogP contribution in [-0.4, -0.2) is 68.1 Å². The number of hydrogen-bond acceptors (Lipinski definition) is 5. The van der Waals surface area contributed by atoms with Crippen molar-refractivity contribution in [3.63, 3.8) is 0 Å². The van der Waals surface area contributed by atoms with Crippen molar-refractivity contribution in [2.75, 3.05) is 46.5 Å². The maximum absolute atomic E-state index is 12.6.